The number of allylic oxidation sites excluding steroid dienone is 3. The number of unbranched alkanes of at least 4 members (excludes halogenated alkanes) is 20. The van der Waals surface area contributed by atoms with Crippen LogP contribution in [0.15, 0.2) is 84.5 Å². The molecule has 94 heavy (non-hydrogen) atoms. The topological polar surface area (TPSA) is 114 Å². The standard InChI is InChI=1S/C82H141NO9Si2/c1-15-17-19-21-23-25-30-38-48-65-60-67(65)50-40-32-27-28-34-46-56-72(84)78(85)83-71(73(92-93(13,14)80(5,6)7)57-47-35-29-33-41-51-68-61-66(68)49-39-31-26-24-22-20-18-16-2)62-87-79-77(86-59-58-64(3)4)76-75(90-82(11,12)91-76)74(89-79)63-88-94(81(8,9)10,69-52-42-36-43-53-69)70-54-44-37-45-55-70/h28,34,36-37,42-45,52-55,58,65-68,71-77,79,84H,15-27,29-33,35,38-41,46-51,56-57,59-63H2,1-14H3,(H,83,85)/b34-28-/t65-,66-,67+,68+,71-,72+,73+,74+,75-,76-,77+,79+/m0/s1. The second kappa shape index (κ2) is 41.3. The Kier molecular flexibility index (Phi) is 35.4. The first-order valence-electron chi connectivity index (χ1n) is 38.9. The van der Waals surface area contributed by atoms with Gasteiger partial charge in [0.2, 0.25) is 5.91 Å². The van der Waals surface area contributed by atoms with Crippen LogP contribution in [0.4, 0.5) is 0 Å². The average molecular weight is 1340 g/mol. The molecule has 0 aromatic heterocycles. The summed E-state index contributed by atoms with van der Waals surface area (Å²) in [5, 5.41) is 17.1. The molecule has 2 aliphatic carbocycles. The van der Waals surface area contributed by atoms with Gasteiger partial charge in [-0.2, -0.15) is 0 Å². The Bertz CT molecular complexity index is 2380. The lowest BCUT2D eigenvalue weighted by atomic mass is 9.99. The first-order valence-corrected chi connectivity index (χ1v) is 43.8. The summed E-state index contributed by atoms with van der Waals surface area (Å²) in [6.07, 6.45) is 43.5. The normalized spacial score (nSPS) is 23.9. The number of amides is 1. The molecular formula is C82H141NO9Si2. The number of aliphatic hydroxyl groups is 1. The van der Waals surface area contributed by atoms with Gasteiger partial charge in [0.05, 0.1) is 32.0 Å². The van der Waals surface area contributed by atoms with Crippen LogP contribution < -0.4 is 15.7 Å². The Balaban J connectivity index is 1.15. The van der Waals surface area contributed by atoms with Crippen LogP contribution in [0.25, 0.3) is 0 Å². The Morgan fingerprint density at radius 1 is 0.617 bits per heavy atom. The fourth-order valence-electron chi connectivity index (χ4n) is 14.9. The maximum atomic E-state index is 14.6. The summed E-state index contributed by atoms with van der Waals surface area (Å²) in [5.74, 6) is 2.48. The van der Waals surface area contributed by atoms with E-state index in [-0.39, 0.29) is 29.4 Å². The Morgan fingerprint density at radius 3 is 1.57 bits per heavy atom. The van der Waals surface area contributed by atoms with Gasteiger partial charge >= 0.3 is 0 Å². The maximum absolute atomic E-state index is 14.6. The van der Waals surface area contributed by atoms with Gasteiger partial charge in [0, 0.05) is 0 Å². The quantitative estimate of drug-likeness (QED) is 0.0380. The van der Waals surface area contributed by atoms with Crippen molar-refractivity contribution >= 4 is 32.9 Å². The third-order valence-corrected chi connectivity index (χ3v) is 31.4. The lowest BCUT2D eigenvalue weighted by molar-refractivity contribution is -0.291. The Morgan fingerprint density at radius 2 is 1.09 bits per heavy atom. The summed E-state index contributed by atoms with van der Waals surface area (Å²) < 4.78 is 50.1. The predicted octanol–water partition coefficient (Wildman–Crippen LogP) is 20.4. The Labute approximate surface area is 578 Å². The highest BCUT2D eigenvalue weighted by Crippen LogP contribution is 2.48. The summed E-state index contributed by atoms with van der Waals surface area (Å²) in [6, 6.07) is 20.8. The van der Waals surface area contributed by atoms with E-state index in [1.54, 1.807) is 0 Å². The molecule has 2 saturated heterocycles. The minimum Gasteiger partial charge on any atom is -0.412 e. The molecule has 12 atom stereocenters. The zero-order valence-electron chi connectivity index (χ0n) is 62.6. The molecule has 2 N–H and O–H groups in total. The summed E-state index contributed by atoms with van der Waals surface area (Å²) in [4.78, 5) is 14.6. The molecule has 12 heteroatoms. The van der Waals surface area contributed by atoms with Crippen molar-refractivity contribution in [2.24, 2.45) is 23.7 Å². The number of aliphatic hydroxyl groups excluding tert-OH is 1. The highest BCUT2D eigenvalue weighted by atomic mass is 28.4. The first kappa shape index (κ1) is 80.5. The summed E-state index contributed by atoms with van der Waals surface area (Å²) in [7, 11) is -5.45. The van der Waals surface area contributed by atoms with E-state index in [1.165, 1.54) is 184 Å². The van der Waals surface area contributed by atoms with Gasteiger partial charge in [0.15, 0.2) is 20.4 Å². The number of hydrogen-bond donors (Lipinski definition) is 2. The van der Waals surface area contributed by atoms with Crippen molar-refractivity contribution in [2.45, 2.75) is 373 Å². The van der Waals surface area contributed by atoms with Crippen molar-refractivity contribution in [2.75, 3.05) is 19.8 Å². The molecule has 2 aromatic carbocycles. The van der Waals surface area contributed by atoms with Crippen LogP contribution in [-0.4, -0.2) is 102 Å². The highest BCUT2D eigenvalue weighted by molar-refractivity contribution is 6.99. The minimum absolute atomic E-state index is 0.0665. The van der Waals surface area contributed by atoms with Crippen molar-refractivity contribution in [3.05, 3.63) is 84.5 Å². The molecule has 0 unspecified atom stereocenters. The SMILES string of the molecule is CCCCCCCCCC[C@H]1C[C@H]1CCCC/C=C\CC[C@@H](O)C(=O)N[C@@H](CO[C@@H]1O[C@H](CO[Si](c2ccccc2)(c2ccccc2)C(C)(C)C)[C@@H]2OC(C)(C)O[C@@H]2[C@H]1OCC=C(C)C)[C@@H](CCCCCCC[C@@H]1C[C@@H]1CCCCCCCCCC)O[Si](C)(C)C(C)(C)C. The van der Waals surface area contributed by atoms with Crippen molar-refractivity contribution in [1.29, 1.82) is 0 Å². The third kappa shape index (κ3) is 27.2. The van der Waals surface area contributed by atoms with E-state index < -0.39 is 71.2 Å². The zero-order valence-corrected chi connectivity index (χ0v) is 64.6. The molecule has 0 spiro atoms. The van der Waals surface area contributed by atoms with E-state index in [2.05, 4.69) is 167 Å². The lowest BCUT2D eigenvalue weighted by Gasteiger charge is -2.46. The van der Waals surface area contributed by atoms with Gasteiger partial charge < -0.3 is 43.0 Å². The van der Waals surface area contributed by atoms with Gasteiger partial charge in [0.25, 0.3) is 8.32 Å². The molecule has 0 bridgehead atoms. The van der Waals surface area contributed by atoms with Gasteiger partial charge in [-0.25, -0.2) is 0 Å². The number of ether oxygens (including phenoxy) is 5. The molecule has 0 radical (unpaired) electrons. The van der Waals surface area contributed by atoms with Gasteiger partial charge in [-0.1, -0.05) is 307 Å². The van der Waals surface area contributed by atoms with Crippen LogP contribution >= 0.6 is 0 Å². The number of hydrogen-bond acceptors (Lipinski definition) is 9. The fourth-order valence-corrected chi connectivity index (χ4v) is 20.8. The summed E-state index contributed by atoms with van der Waals surface area (Å²) >= 11 is 0. The van der Waals surface area contributed by atoms with Gasteiger partial charge in [-0.15, -0.1) is 0 Å². The van der Waals surface area contributed by atoms with Crippen molar-refractivity contribution in [3.63, 3.8) is 0 Å². The molecule has 536 valence electrons. The van der Waals surface area contributed by atoms with Crippen LogP contribution in [0.3, 0.4) is 0 Å². The van der Waals surface area contributed by atoms with E-state index in [4.69, 9.17) is 32.5 Å². The third-order valence-electron chi connectivity index (χ3n) is 21.9. The van der Waals surface area contributed by atoms with Crippen molar-refractivity contribution in [3.8, 4) is 0 Å². The smallest absolute Gasteiger partial charge is 0.261 e. The number of rotatable bonds is 50. The van der Waals surface area contributed by atoms with E-state index in [9.17, 15) is 9.90 Å². The molecule has 6 rings (SSSR count). The zero-order chi connectivity index (χ0) is 68.0. The molecule has 2 saturated carbocycles. The molecule has 1 amide bonds. The molecule has 10 nitrogen and oxygen atoms in total. The Hall–Kier alpha value is -2.50. The van der Waals surface area contributed by atoms with Gasteiger partial charge in [0.1, 0.15) is 30.5 Å². The fraction of sp³-hybridized carbons (Fsp3) is 0.793. The lowest BCUT2D eigenvalue weighted by Crippen LogP contribution is -2.68. The molecule has 4 aliphatic rings. The van der Waals surface area contributed by atoms with E-state index in [1.807, 2.05) is 13.8 Å². The summed E-state index contributed by atoms with van der Waals surface area (Å²) in [6.45, 7) is 31.5. The monoisotopic (exact) mass is 1340 g/mol. The number of benzene rings is 2. The number of nitrogens with one attached hydrogen (secondary N) is 1. The maximum Gasteiger partial charge on any atom is 0.261 e. The van der Waals surface area contributed by atoms with Crippen LogP contribution in [-0.2, 0) is 37.3 Å². The van der Waals surface area contributed by atoms with Crippen LogP contribution in [0, 0.1) is 23.7 Å². The molecule has 2 aliphatic heterocycles. The minimum atomic E-state index is -3.02. The largest absolute Gasteiger partial charge is 0.412 e. The van der Waals surface area contributed by atoms with E-state index in [0.29, 0.717) is 19.4 Å². The second-order valence-electron chi connectivity index (χ2n) is 32.8. The van der Waals surface area contributed by atoms with Crippen molar-refractivity contribution < 1.29 is 42.4 Å². The van der Waals surface area contributed by atoms with Crippen molar-refractivity contribution in [1.82, 2.24) is 5.32 Å². The van der Waals surface area contributed by atoms with Crippen LogP contribution in [0.1, 0.15) is 295 Å². The van der Waals surface area contributed by atoms with Crippen LogP contribution in [0.2, 0.25) is 23.2 Å². The van der Waals surface area contributed by atoms with Gasteiger partial charge in [-0.3, -0.25) is 4.79 Å². The highest BCUT2D eigenvalue weighted by Gasteiger charge is 2.58. The molecule has 2 aromatic rings. The first-order chi connectivity index (χ1) is 45.0. The molecular weight excluding hydrogens is 1200 g/mol. The van der Waals surface area contributed by atoms with E-state index >= 15 is 0 Å². The van der Waals surface area contributed by atoms with E-state index in [0.717, 1.165) is 54.9 Å². The summed E-state index contributed by atoms with van der Waals surface area (Å²) in [5.41, 5.74) is 1.13. The molecule has 4 fully saturated rings. The number of fused-ring (bicyclic) bond motifs is 1. The van der Waals surface area contributed by atoms with Gasteiger partial charge in [-0.05, 0) is 130 Å². The average Bonchev–Trinajstić information content (AvgIpc) is 1.73. The number of carbonyl (C=O) groups excluding carboxylic acids is 1. The number of carbonyl (C=O) groups is 1. The van der Waals surface area contributed by atoms with Crippen LogP contribution in [0.5, 0.6) is 0 Å². The molecule has 2 heterocycles. The second-order valence-corrected chi connectivity index (χ2v) is 41.8. The predicted molar refractivity (Wildman–Crippen MR) is 398 cm³/mol.